The Labute approximate surface area is 184 Å². The predicted molar refractivity (Wildman–Crippen MR) is 111 cm³/mol. The van der Waals surface area contributed by atoms with Gasteiger partial charge in [-0.25, -0.2) is 9.89 Å². The third-order valence-corrected chi connectivity index (χ3v) is 4.62. The Morgan fingerprint density at radius 1 is 1.31 bits per heavy atom. The minimum atomic E-state index is -2.95. The number of hydrogen-bond acceptors (Lipinski definition) is 8. The number of amides is 1. The molecule has 10 nitrogen and oxygen atoms in total. The highest BCUT2D eigenvalue weighted by Gasteiger charge is 2.30. The van der Waals surface area contributed by atoms with Gasteiger partial charge < -0.3 is 24.4 Å². The number of rotatable bonds is 6. The zero-order valence-corrected chi connectivity index (χ0v) is 18.5. The maximum atomic E-state index is 12.4. The lowest BCUT2D eigenvalue weighted by Gasteiger charge is -2.28. The lowest BCUT2D eigenvalue weighted by Crippen LogP contribution is -2.40. The number of halogens is 2. The second-order valence-corrected chi connectivity index (χ2v) is 8.57. The van der Waals surface area contributed by atoms with Crippen LogP contribution in [-0.4, -0.2) is 62.6 Å². The van der Waals surface area contributed by atoms with Gasteiger partial charge >= 0.3 is 12.7 Å². The van der Waals surface area contributed by atoms with E-state index >= 15 is 0 Å². The van der Waals surface area contributed by atoms with Crippen LogP contribution >= 0.6 is 0 Å². The van der Waals surface area contributed by atoms with E-state index in [4.69, 9.17) is 9.47 Å². The summed E-state index contributed by atoms with van der Waals surface area (Å²) in [6.45, 7) is 5.68. The quantitative estimate of drug-likeness (QED) is 0.674. The summed E-state index contributed by atoms with van der Waals surface area (Å²) in [5, 5.41) is 9.03. The van der Waals surface area contributed by atoms with E-state index in [1.165, 1.54) is 18.5 Å². The molecular weight excluding hydrogens is 426 g/mol. The number of carbonyl (C=O) groups excluding carboxylic acids is 1. The molecule has 0 radical (unpaired) electrons. The molecule has 2 aromatic rings. The summed E-state index contributed by atoms with van der Waals surface area (Å²) in [6, 6.07) is 1.28. The van der Waals surface area contributed by atoms with Crippen molar-refractivity contribution >= 4 is 17.7 Å². The van der Waals surface area contributed by atoms with Gasteiger partial charge in [0.15, 0.2) is 11.6 Å². The van der Waals surface area contributed by atoms with E-state index in [1.807, 2.05) is 27.7 Å². The lowest BCUT2D eigenvalue weighted by molar-refractivity contribution is -0.0528. The smallest absolute Gasteiger partial charge is 0.410 e. The number of nitrogens with one attached hydrogen (secondary N) is 2. The normalized spacial score (nSPS) is 19.4. The molecule has 0 bridgehead atoms. The number of likely N-dealkylation sites (tertiary alicyclic amines) is 1. The zero-order chi connectivity index (χ0) is 23.3. The summed E-state index contributed by atoms with van der Waals surface area (Å²) < 4.78 is 40.3. The number of aromatic nitrogens is 4. The predicted octanol–water partition coefficient (Wildman–Crippen LogP) is 3.96. The molecule has 0 aromatic carbocycles. The van der Waals surface area contributed by atoms with Crippen LogP contribution in [0, 0.1) is 5.92 Å². The minimum Gasteiger partial charge on any atom is -0.473 e. The number of carbonyl (C=O) groups is 1. The van der Waals surface area contributed by atoms with E-state index in [9.17, 15) is 13.6 Å². The number of aromatic amines is 1. The summed E-state index contributed by atoms with van der Waals surface area (Å²) in [5.74, 6) is 0.739. The maximum Gasteiger partial charge on any atom is 0.410 e. The standard InChI is InChI=1S/C20H28F2N6O4/c1-12-11-28(19(29)32-20(2,3)4)7-5-6-13(12)30-17-10-23-9-15(25-17)24-14-8-16(27-26-14)31-18(21)22/h8-10,12-13,18H,5-7,11H2,1-4H3,(H2,24,25,26,27)/t12-,13-/m0/s1. The van der Waals surface area contributed by atoms with Crippen LogP contribution in [0.5, 0.6) is 11.8 Å². The molecule has 2 aromatic heterocycles. The van der Waals surface area contributed by atoms with Crippen molar-refractivity contribution in [1.82, 2.24) is 25.1 Å². The molecule has 176 valence electrons. The summed E-state index contributed by atoms with van der Waals surface area (Å²) in [7, 11) is 0. The number of alkyl halides is 2. The molecule has 3 heterocycles. The number of hydrogen-bond donors (Lipinski definition) is 2. The monoisotopic (exact) mass is 454 g/mol. The third kappa shape index (κ3) is 6.92. The van der Waals surface area contributed by atoms with E-state index in [0.717, 1.165) is 12.8 Å². The highest BCUT2D eigenvalue weighted by Crippen LogP contribution is 2.24. The molecule has 3 rings (SSSR count). The molecule has 0 saturated carbocycles. The van der Waals surface area contributed by atoms with Crippen LogP contribution in [0.2, 0.25) is 0 Å². The van der Waals surface area contributed by atoms with Crippen LogP contribution in [0.15, 0.2) is 18.5 Å². The second kappa shape index (κ2) is 9.96. The summed E-state index contributed by atoms with van der Waals surface area (Å²) in [6.07, 6.45) is 3.96. The first-order chi connectivity index (χ1) is 15.1. The Morgan fingerprint density at radius 2 is 2.09 bits per heavy atom. The Balaban J connectivity index is 1.60. The van der Waals surface area contributed by atoms with Gasteiger partial charge in [-0.3, -0.25) is 4.98 Å². The van der Waals surface area contributed by atoms with Crippen molar-refractivity contribution in [3.05, 3.63) is 18.5 Å². The topological polar surface area (TPSA) is 114 Å². The Bertz CT molecular complexity index is 904. The average molecular weight is 454 g/mol. The lowest BCUT2D eigenvalue weighted by atomic mass is 10.0. The number of H-pyrrole nitrogens is 1. The van der Waals surface area contributed by atoms with Gasteiger partial charge in [0.2, 0.25) is 11.8 Å². The molecule has 2 N–H and O–H groups in total. The van der Waals surface area contributed by atoms with Gasteiger partial charge in [-0.2, -0.15) is 18.9 Å². The Morgan fingerprint density at radius 3 is 2.81 bits per heavy atom. The van der Waals surface area contributed by atoms with Gasteiger partial charge in [0.25, 0.3) is 0 Å². The summed E-state index contributed by atoms with van der Waals surface area (Å²) in [5.41, 5.74) is -0.549. The highest BCUT2D eigenvalue weighted by atomic mass is 19.3. The van der Waals surface area contributed by atoms with E-state index in [2.05, 4.69) is 30.2 Å². The van der Waals surface area contributed by atoms with E-state index in [-0.39, 0.29) is 29.8 Å². The van der Waals surface area contributed by atoms with Gasteiger partial charge in [-0.1, -0.05) is 6.92 Å². The highest BCUT2D eigenvalue weighted by molar-refractivity contribution is 5.68. The average Bonchev–Trinajstić information content (AvgIpc) is 3.02. The molecule has 0 aliphatic carbocycles. The third-order valence-electron chi connectivity index (χ3n) is 4.62. The van der Waals surface area contributed by atoms with E-state index in [1.54, 1.807) is 4.90 Å². The van der Waals surface area contributed by atoms with Gasteiger partial charge in [0.05, 0.1) is 12.4 Å². The fraction of sp³-hybridized carbons (Fsp3) is 0.600. The SMILES string of the molecule is C[C@H]1CN(C(=O)OC(C)(C)C)CCC[C@@H]1Oc1cncc(Nc2cc(OC(F)F)[nH]n2)n1. The molecule has 1 aliphatic heterocycles. The largest absolute Gasteiger partial charge is 0.473 e. The van der Waals surface area contributed by atoms with Gasteiger partial charge in [0, 0.05) is 25.1 Å². The molecule has 1 amide bonds. The zero-order valence-electron chi connectivity index (χ0n) is 18.5. The minimum absolute atomic E-state index is 0.0452. The number of anilines is 2. The summed E-state index contributed by atoms with van der Waals surface area (Å²) >= 11 is 0. The van der Waals surface area contributed by atoms with Crippen molar-refractivity contribution in [3.63, 3.8) is 0 Å². The van der Waals surface area contributed by atoms with Crippen LogP contribution in [0.25, 0.3) is 0 Å². The van der Waals surface area contributed by atoms with Crippen molar-refractivity contribution < 1.29 is 27.8 Å². The molecule has 32 heavy (non-hydrogen) atoms. The molecule has 0 unspecified atom stereocenters. The van der Waals surface area contributed by atoms with Gasteiger partial charge in [0.1, 0.15) is 11.7 Å². The molecule has 0 spiro atoms. The molecule has 12 heteroatoms. The molecule has 1 saturated heterocycles. The van der Waals surface area contributed by atoms with E-state index in [0.29, 0.717) is 24.8 Å². The second-order valence-electron chi connectivity index (χ2n) is 8.57. The van der Waals surface area contributed by atoms with Gasteiger partial charge in [-0.05, 0) is 33.6 Å². The van der Waals surface area contributed by atoms with Crippen LogP contribution in [-0.2, 0) is 4.74 Å². The Hall–Kier alpha value is -3.18. The van der Waals surface area contributed by atoms with Crippen molar-refractivity contribution in [2.45, 2.75) is 58.9 Å². The first-order valence-electron chi connectivity index (χ1n) is 10.3. The fourth-order valence-electron chi connectivity index (χ4n) is 3.27. The van der Waals surface area contributed by atoms with Crippen LogP contribution in [0.4, 0.5) is 25.2 Å². The van der Waals surface area contributed by atoms with Crippen LogP contribution in [0.1, 0.15) is 40.5 Å². The van der Waals surface area contributed by atoms with Gasteiger partial charge in [-0.15, -0.1) is 0 Å². The first kappa shape index (κ1) is 23.5. The van der Waals surface area contributed by atoms with Crippen LogP contribution < -0.4 is 14.8 Å². The summed E-state index contributed by atoms with van der Waals surface area (Å²) in [4.78, 5) is 22.6. The molecule has 2 atom stereocenters. The first-order valence-corrected chi connectivity index (χ1v) is 10.3. The number of nitrogens with zero attached hydrogens (tertiary/aromatic N) is 4. The molecular formula is C20H28F2N6O4. The number of ether oxygens (including phenoxy) is 3. The fourth-order valence-corrected chi connectivity index (χ4v) is 3.27. The maximum absolute atomic E-state index is 12.4. The Kier molecular flexibility index (Phi) is 7.31. The molecule has 1 aliphatic rings. The van der Waals surface area contributed by atoms with Crippen molar-refractivity contribution in [3.8, 4) is 11.8 Å². The van der Waals surface area contributed by atoms with Crippen LogP contribution in [0.3, 0.4) is 0 Å². The van der Waals surface area contributed by atoms with Crippen molar-refractivity contribution in [2.24, 2.45) is 5.92 Å². The van der Waals surface area contributed by atoms with Crippen molar-refractivity contribution in [2.75, 3.05) is 18.4 Å². The van der Waals surface area contributed by atoms with E-state index < -0.39 is 12.2 Å². The molecule has 1 fully saturated rings. The van der Waals surface area contributed by atoms with Crippen molar-refractivity contribution in [1.29, 1.82) is 0 Å².